The summed E-state index contributed by atoms with van der Waals surface area (Å²) in [5, 5.41) is 9.16. The standard InChI is InChI=1S/C14H12ClN3O2S/c1-8-10(4-13(21-8)14(19)18-17)7-20-11-3-2-9(6-16)12(15)5-11/h2-5H,7,17H2,1H3,(H,18,19). The molecule has 0 radical (unpaired) electrons. The number of nitriles is 1. The molecule has 0 saturated carbocycles. The number of nitrogens with two attached hydrogens (primary N) is 1. The van der Waals surface area contributed by atoms with Crippen molar-refractivity contribution in [1.29, 1.82) is 5.26 Å². The first-order chi connectivity index (χ1) is 10.0. The van der Waals surface area contributed by atoms with Gasteiger partial charge in [-0.25, -0.2) is 5.84 Å². The maximum Gasteiger partial charge on any atom is 0.275 e. The second-order valence-electron chi connectivity index (χ2n) is 4.21. The molecule has 2 aromatic rings. The lowest BCUT2D eigenvalue weighted by atomic mass is 10.2. The average Bonchev–Trinajstić information content (AvgIpc) is 2.85. The summed E-state index contributed by atoms with van der Waals surface area (Å²) in [6.45, 7) is 2.21. The highest BCUT2D eigenvalue weighted by molar-refractivity contribution is 7.14. The van der Waals surface area contributed by atoms with Crippen LogP contribution in [0.5, 0.6) is 5.75 Å². The second kappa shape index (κ2) is 6.59. The van der Waals surface area contributed by atoms with Gasteiger partial charge in [0.05, 0.1) is 15.5 Å². The Kier molecular flexibility index (Phi) is 4.81. The largest absolute Gasteiger partial charge is 0.489 e. The fourth-order valence-corrected chi connectivity index (χ4v) is 2.83. The van der Waals surface area contributed by atoms with E-state index < -0.39 is 0 Å². The fourth-order valence-electron chi connectivity index (χ4n) is 1.68. The van der Waals surface area contributed by atoms with Crippen molar-refractivity contribution in [2.45, 2.75) is 13.5 Å². The molecule has 0 unspecified atom stereocenters. The number of hydrogen-bond acceptors (Lipinski definition) is 5. The zero-order valence-electron chi connectivity index (χ0n) is 11.1. The van der Waals surface area contributed by atoms with Crippen molar-refractivity contribution < 1.29 is 9.53 Å². The van der Waals surface area contributed by atoms with Gasteiger partial charge >= 0.3 is 0 Å². The summed E-state index contributed by atoms with van der Waals surface area (Å²) in [6.07, 6.45) is 0. The molecule has 3 N–H and O–H groups in total. The van der Waals surface area contributed by atoms with Gasteiger partial charge in [0.25, 0.3) is 5.91 Å². The Morgan fingerprint density at radius 2 is 2.29 bits per heavy atom. The van der Waals surface area contributed by atoms with Gasteiger partial charge in [-0.05, 0) is 25.1 Å². The minimum absolute atomic E-state index is 0.308. The summed E-state index contributed by atoms with van der Waals surface area (Å²) in [5.74, 6) is 5.35. The molecule has 1 heterocycles. The number of hydrazine groups is 1. The van der Waals surface area contributed by atoms with E-state index >= 15 is 0 Å². The number of nitrogens with one attached hydrogen (secondary N) is 1. The summed E-state index contributed by atoms with van der Waals surface area (Å²) in [5.41, 5.74) is 3.40. The zero-order chi connectivity index (χ0) is 15.4. The predicted octanol–water partition coefficient (Wildman–Crippen LogP) is 2.76. The van der Waals surface area contributed by atoms with Crippen LogP contribution < -0.4 is 16.0 Å². The lowest BCUT2D eigenvalue weighted by Crippen LogP contribution is -2.29. The van der Waals surface area contributed by atoms with E-state index in [0.29, 0.717) is 27.8 Å². The Labute approximate surface area is 130 Å². The molecule has 1 aromatic carbocycles. The molecule has 0 aliphatic rings. The van der Waals surface area contributed by atoms with Crippen molar-refractivity contribution in [1.82, 2.24) is 5.43 Å². The number of benzene rings is 1. The maximum absolute atomic E-state index is 11.5. The van der Waals surface area contributed by atoms with E-state index in [-0.39, 0.29) is 5.91 Å². The highest BCUT2D eigenvalue weighted by Gasteiger charge is 2.12. The molecular weight excluding hydrogens is 310 g/mol. The first kappa shape index (κ1) is 15.3. The van der Waals surface area contributed by atoms with Crippen molar-refractivity contribution in [3.63, 3.8) is 0 Å². The molecule has 0 atom stereocenters. The Morgan fingerprint density at radius 3 is 2.90 bits per heavy atom. The first-order valence-corrected chi connectivity index (χ1v) is 7.17. The van der Waals surface area contributed by atoms with Crippen LogP contribution in [0.4, 0.5) is 0 Å². The number of thiophene rings is 1. The van der Waals surface area contributed by atoms with E-state index in [1.807, 2.05) is 13.0 Å². The zero-order valence-corrected chi connectivity index (χ0v) is 12.7. The number of ether oxygens (including phenoxy) is 1. The van der Waals surface area contributed by atoms with Gasteiger partial charge in [0.1, 0.15) is 18.4 Å². The lowest BCUT2D eigenvalue weighted by Gasteiger charge is -2.06. The number of aryl methyl sites for hydroxylation is 1. The third-order valence-electron chi connectivity index (χ3n) is 2.83. The van der Waals surface area contributed by atoms with E-state index in [9.17, 15) is 4.79 Å². The Bertz CT molecular complexity index is 721. The van der Waals surface area contributed by atoms with E-state index in [0.717, 1.165) is 10.4 Å². The van der Waals surface area contributed by atoms with Crippen LogP contribution in [-0.2, 0) is 6.61 Å². The molecule has 0 spiro atoms. The van der Waals surface area contributed by atoms with Gasteiger partial charge in [-0.1, -0.05) is 11.6 Å². The van der Waals surface area contributed by atoms with Crippen LogP contribution in [0.3, 0.4) is 0 Å². The number of hydrogen-bond donors (Lipinski definition) is 2. The van der Waals surface area contributed by atoms with E-state index in [2.05, 4.69) is 5.43 Å². The highest BCUT2D eigenvalue weighted by Crippen LogP contribution is 2.25. The van der Waals surface area contributed by atoms with Crippen LogP contribution in [-0.4, -0.2) is 5.91 Å². The maximum atomic E-state index is 11.5. The van der Waals surface area contributed by atoms with Gasteiger partial charge in [0.2, 0.25) is 0 Å². The molecule has 1 aromatic heterocycles. The average molecular weight is 322 g/mol. The Balaban J connectivity index is 2.10. The smallest absolute Gasteiger partial charge is 0.275 e. The first-order valence-electron chi connectivity index (χ1n) is 5.98. The quantitative estimate of drug-likeness (QED) is 0.515. The van der Waals surface area contributed by atoms with Gasteiger partial charge in [-0.2, -0.15) is 5.26 Å². The lowest BCUT2D eigenvalue weighted by molar-refractivity contribution is 0.0957. The molecule has 21 heavy (non-hydrogen) atoms. The van der Waals surface area contributed by atoms with E-state index in [4.69, 9.17) is 27.4 Å². The molecule has 0 aliphatic heterocycles. The molecule has 0 bridgehead atoms. The normalized spacial score (nSPS) is 10.0. The molecule has 0 saturated heterocycles. The van der Waals surface area contributed by atoms with Gasteiger partial charge < -0.3 is 4.74 Å². The van der Waals surface area contributed by atoms with Crippen molar-refractivity contribution >= 4 is 28.8 Å². The van der Waals surface area contributed by atoms with Crippen molar-refractivity contribution in [3.05, 3.63) is 50.2 Å². The number of nitrogens with zero attached hydrogens (tertiary/aromatic N) is 1. The van der Waals surface area contributed by atoms with Crippen molar-refractivity contribution in [3.8, 4) is 11.8 Å². The van der Waals surface area contributed by atoms with Crippen LogP contribution in [0.25, 0.3) is 0 Å². The summed E-state index contributed by atoms with van der Waals surface area (Å²) < 4.78 is 5.63. The third kappa shape index (κ3) is 3.52. The van der Waals surface area contributed by atoms with E-state index in [1.54, 1.807) is 24.3 Å². The van der Waals surface area contributed by atoms with Crippen LogP contribution in [0.2, 0.25) is 5.02 Å². The van der Waals surface area contributed by atoms with Crippen LogP contribution in [0, 0.1) is 18.3 Å². The van der Waals surface area contributed by atoms with E-state index in [1.165, 1.54) is 11.3 Å². The number of rotatable bonds is 4. The summed E-state index contributed by atoms with van der Waals surface area (Å²) in [4.78, 5) is 13.0. The third-order valence-corrected chi connectivity index (χ3v) is 4.24. The van der Waals surface area contributed by atoms with Crippen molar-refractivity contribution in [2.75, 3.05) is 0 Å². The number of halogens is 1. The molecule has 1 amide bonds. The molecule has 5 nitrogen and oxygen atoms in total. The molecule has 108 valence electrons. The van der Waals surface area contributed by atoms with Crippen LogP contribution >= 0.6 is 22.9 Å². The summed E-state index contributed by atoms with van der Waals surface area (Å²) in [6, 6.07) is 8.60. The molecular formula is C14H12ClN3O2S. The number of carbonyl (C=O) groups is 1. The number of amides is 1. The van der Waals surface area contributed by atoms with Crippen LogP contribution in [0.15, 0.2) is 24.3 Å². The van der Waals surface area contributed by atoms with Gasteiger partial charge in [0.15, 0.2) is 0 Å². The molecule has 2 rings (SSSR count). The minimum atomic E-state index is -0.323. The minimum Gasteiger partial charge on any atom is -0.489 e. The molecule has 7 heteroatoms. The van der Waals surface area contributed by atoms with Crippen molar-refractivity contribution in [2.24, 2.45) is 5.84 Å². The second-order valence-corrected chi connectivity index (χ2v) is 5.87. The SMILES string of the molecule is Cc1sc(C(=O)NN)cc1COc1ccc(C#N)c(Cl)c1. The number of nitrogen functional groups attached to an aromatic ring is 1. The molecule has 0 aliphatic carbocycles. The monoisotopic (exact) mass is 321 g/mol. The van der Waals surface area contributed by atoms with Gasteiger partial charge in [-0.15, -0.1) is 11.3 Å². The van der Waals surface area contributed by atoms with Gasteiger partial charge in [-0.3, -0.25) is 10.2 Å². The highest BCUT2D eigenvalue weighted by atomic mass is 35.5. The summed E-state index contributed by atoms with van der Waals surface area (Å²) >= 11 is 7.29. The van der Waals surface area contributed by atoms with Gasteiger partial charge in [0, 0.05) is 16.5 Å². The summed E-state index contributed by atoms with van der Waals surface area (Å²) in [7, 11) is 0. The Hall–Kier alpha value is -2.07. The van der Waals surface area contributed by atoms with Crippen LogP contribution in [0.1, 0.15) is 25.7 Å². The topological polar surface area (TPSA) is 88.1 Å². The predicted molar refractivity (Wildman–Crippen MR) is 81.2 cm³/mol. The fraction of sp³-hybridized carbons (Fsp3) is 0.143. The number of carbonyl (C=O) groups excluding carboxylic acids is 1. The Morgan fingerprint density at radius 1 is 1.52 bits per heavy atom. The molecule has 0 fully saturated rings.